The van der Waals surface area contributed by atoms with Crippen molar-refractivity contribution in [3.63, 3.8) is 0 Å². The number of fused-ring (bicyclic) bond motifs is 1. The minimum Gasteiger partial charge on any atom is -0.475 e. The number of hydrogen-bond donors (Lipinski definition) is 1. The number of halogens is 1. The van der Waals surface area contributed by atoms with E-state index in [2.05, 4.69) is 4.98 Å². The van der Waals surface area contributed by atoms with Crippen molar-refractivity contribution in [3.05, 3.63) is 34.9 Å². The van der Waals surface area contributed by atoms with Crippen molar-refractivity contribution in [2.45, 2.75) is 6.92 Å². The van der Waals surface area contributed by atoms with Gasteiger partial charge in [0.15, 0.2) is 0 Å². The molecule has 2 rings (SSSR count). The molecule has 1 N–H and O–H groups in total. The Labute approximate surface area is 84.8 Å². The van der Waals surface area contributed by atoms with Gasteiger partial charge in [-0.25, -0.2) is 9.78 Å². The van der Waals surface area contributed by atoms with E-state index >= 15 is 0 Å². The Morgan fingerprint density at radius 1 is 1.57 bits per heavy atom. The zero-order valence-electron chi connectivity index (χ0n) is 7.36. The van der Waals surface area contributed by atoms with Crippen molar-refractivity contribution in [2.75, 3.05) is 0 Å². The second-order valence-electron chi connectivity index (χ2n) is 2.93. The van der Waals surface area contributed by atoms with Crippen LogP contribution in [0.1, 0.15) is 16.3 Å². The summed E-state index contributed by atoms with van der Waals surface area (Å²) in [6.45, 7) is 1.80. The van der Waals surface area contributed by atoms with Crippen LogP contribution in [0.2, 0.25) is 5.02 Å². The summed E-state index contributed by atoms with van der Waals surface area (Å²) in [5.74, 6) is -1.07. The highest BCUT2D eigenvalue weighted by Crippen LogP contribution is 2.20. The van der Waals surface area contributed by atoms with Crippen LogP contribution in [-0.2, 0) is 0 Å². The number of carboxylic acids is 1. The molecule has 0 aliphatic heterocycles. The number of nitrogens with zero attached hydrogens (tertiary/aromatic N) is 2. The summed E-state index contributed by atoms with van der Waals surface area (Å²) in [7, 11) is 0. The lowest BCUT2D eigenvalue weighted by Crippen LogP contribution is -2.05. The van der Waals surface area contributed by atoms with E-state index in [0.717, 1.165) is 5.69 Å². The standard InChI is InChI=1S/C9H7ClN2O2/c1-5-2-3-6(10)7-4-11-8(9(13)14)12(5)7/h2-4H,1H3,(H,13,14). The molecule has 0 atom stereocenters. The van der Waals surface area contributed by atoms with E-state index in [1.54, 1.807) is 19.1 Å². The normalized spacial score (nSPS) is 10.7. The van der Waals surface area contributed by atoms with Gasteiger partial charge in [-0.3, -0.25) is 4.40 Å². The van der Waals surface area contributed by atoms with Gasteiger partial charge >= 0.3 is 5.97 Å². The molecule has 0 aromatic carbocycles. The Bertz CT molecular complexity index is 519. The van der Waals surface area contributed by atoms with E-state index in [1.165, 1.54) is 10.6 Å². The fraction of sp³-hybridized carbons (Fsp3) is 0.111. The number of hydrogen-bond acceptors (Lipinski definition) is 2. The van der Waals surface area contributed by atoms with Crippen LogP contribution in [-0.4, -0.2) is 20.5 Å². The number of aromatic carboxylic acids is 1. The van der Waals surface area contributed by atoms with Crippen molar-refractivity contribution in [1.82, 2.24) is 9.38 Å². The lowest BCUT2D eigenvalue weighted by molar-refractivity contribution is 0.0682. The highest BCUT2D eigenvalue weighted by Gasteiger charge is 2.13. The van der Waals surface area contributed by atoms with Crippen molar-refractivity contribution in [1.29, 1.82) is 0 Å². The predicted molar refractivity (Wildman–Crippen MR) is 51.9 cm³/mol. The minimum absolute atomic E-state index is 0.0139. The summed E-state index contributed by atoms with van der Waals surface area (Å²) >= 11 is 5.89. The second kappa shape index (κ2) is 2.99. The third-order valence-electron chi connectivity index (χ3n) is 2.02. The van der Waals surface area contributed by atoms with Gasteiger partial charge in [0.25, 0.3) is 0 Å². The first-order chi connectivity index (χ1) is 6.61. The smallest absolute Gasteiger partial charge is 0.372 e. The molecule has 2 aromatic rings. The minimum atomic E-state index is -1.06. The SMILES string of the molecule is Cc1ccc(Cl)c2cnc(C(=O)O)n12. The van der Waals surface area contributed by atoms with Crippen LogP contribution in [0.3, 0.4) is 0 Å². The third kappa shape index (κ3) is 1.15. The number of aromatic nitrogens is 2. The lowest BCUT2D eigenvalue weighted by Gasteiger charge is -2.02. The van der Waals surface area contributed by atoms with Crippen LogP contribution in [0.5, 0.6) is 0 Å². The predicted octanol–water partition coefficient (Wildman–Crippen LogP) is 1.99. The molecule has 0 aliphatic carbocycles. The maximum Gasteiger partial charge on any atom is 0.372 e. The summed E-state index contributed by atoms with van der Waals surface area (Å²) in [4.78, 5) is 14.6. The molecule has 4 nitrogen and oxygen atoms in total. The van der Waals surface area contributed by atoms with E-state index in [1.807, 2.05) is 0 Å². The third-order valence-corrected chi connectivity index (χ3v) is 2.34. The van der Waals surface area contributed by atoms with Gasteiger partial charge in [-0.15, -0.1) is 0 Å². The summed E-state index contributed by atoms with van der Waals surface area (Å²) in [6, 6.07) is 3.48. The largest absolute Gasteiger partial charge is 0.475 e. The second-order valence-corrected chi connectivity index (χ2v) is 3.34. The molecule has 0 saturated heterocycles. The molecule has 0 amide bonds. The molecule has 0 unspecified atom stereocenters. The summed E-state index contributed by atoms with van der Waals surface area (Å²) in [5, 5.41) is 9.36. The molecule has 0 radical (unpaired) electrons. The van der Waals surface area contributed by atoms with E-state index in [4.69, 9.17) is 16.7 Å². The van der Waals surface area contributed by atoms with Crippen LogP contribution in [0.4, 0.5) is 0 Å². The molecule has 0 aliphatic rings. The van der Waals surface area contributed by atoms with E-state index < -0.39 is 5.97 Å². The van der Waals surface area contributed by atoms with Gasteiger partial charge in [0.05, 0.1) is 16.7 Å². The van der Waals surface area contributed by atoms with Gasteiger partial charge in [-0.1, -0.05) is 11.6 Å². The first-order valence-electron chi connectivity index (χ1n) is 3.97. The first-order valence-corrected chi connectivity index (χ1v) is 4.35. The fourth-order valence-electron chi connectivity index (χ4n) is 1.38. The number of pyridine rings is 1. The van der Waals surface area contributed by atoms with Gasteiger partial charge in [0, 0.05) is 5.69 Å². The number of rotatable bonds is 1. The molecular formula is C9H7ClN2O2. The summed E-state index contributed by atoms with van der Waals surface area (Å²) < 4.78 is 1.52. The molecule has 0 saturated carbocycles. The molecule has 0 fully saturated rings. The molecular weight excluding hydrogens is 204 g/mol. The average molecular weight is 211 g/mol. The van der Waals surface area contributed by atoms with Crippen molar-refractivity contribution in [3.8, 4) is 0 Å². The lowest BCUT2D eigenvalue weighted by atomic mass is 10.3. The molecule has 0 spiro atoms. The van der Waals surface area contributed by atoms with Crippen molar-refractivity contribution in [2.24, 2.45) is 0 Å². The molecule has 2 aromatic heterocycles. The van der Waals surface area contributed by atoms with Gasteiger partial charge in [0.2, 0.25) is 5.82 Å². The highest BCUT2D eigenvalue weighted by atomic mass is 35.5. The maximum atomic E-state index is 10.8. The van der Waals surface area contributed by atoms with Gasteiger partial charge in [0.1, 0.15) is 0 Å². The Hall–Kier alpha value is -1.55. The van der Waals surface area contributed by atoms with Crippen LogP contribution < -0.4 is 0 Å². The van der Waals surface area contributed by atoms with Crippen molar-refractivity contribution >= 4 is 23.1 Å². The molecule has 72 valence electrons. The number of carbonyl (C=O) groups is 1. The Kier molecular flexibility index (Phi) is 1.93. The molecule has 5 heteroatoms. The molecule has 0 bridgehead atoms. The van der Waals surface area contributed by atoms with Crippen LogP contribution in [0, 0.1) is 6.92 Å². The van der Waals surface area contributed by atoms with Crippen LogP contribution in [0.25, 0.3) is 5.52 Å². The van der Waals surface area contributed by atoms with Crippen LogP contribution >= 0.6 is 11.6 Å². The van der Waals surface area contributed by atoms with Crippen LogP contribution in [0.15, 0.2) is 18.3 Å². The van der Waals surface area contributed by atoms with Gasteiger partial charge in [-0.05, 0) is 19.1 Å². The first kappa shape index (κ1) is 9.02. The highest BCUT2D eigenvalue weighted by molar-refractivity contribution is 6.33. The Morgan fingerprint density at radius 2 is 2.29 bits per heavy atom. The molecule has 14 heavy (non-hydrogen) atoms. The van der Waals surface area contributed by atoms with Crippen molar-refractivity contribution < 1.29 is 9.90 Å². The van der Waals surface area contributed by atoms with E-state index in [-0.39, 0.29) is 5.82 Å². The van der Waals surface area contributed by atoms with Gasteiger partial charge in [-0.2, -0.15) is 0 Å². The number of carboxylic acid groups (broad SMARTS) is 1. The summed E-state index contributed by atoms with van der Waals surface area (Å²) in [5.41, 5.74) is 1.41. The summed E-state index contributed by atoms with van der Waals surface area (Å²) in [6.07, 6.45) is 1.46. The van der Waals surface area contributed by atoms with Gasteiger partial charge < -0.3 is 5.11 Å². The monoisotopic (exact) mass is 210 g/mol. The zero-order chi connectivity index (χ0) is 10.3. The average Bonchev–Trinajstić information content (AvgIpc) is 2.56. The topological polar surface area (TPSA) is 54.6 Å². The van der Waals surface area contributed by atoms with E-state index in [0.29, 0.717) is 10.5 Å². The Balaban J connectivity index is 2.90. The fourth-order valence-corrected chi connectivity index (χ4v) is 1.58. The quantitative estimate of drug-likeness (QED) is 0.783. The number of imidazole rings is 1. The molecule has 2 heterocycles. The zero-order valence-corrected chi connectivity index (χ0v) is 8.12. The maximum absolute atomic E-state index is 10.8. The Morgan fingerprint density at radius 3 is 2.93 bits per heavy atom. The number of aryl methyl sites for hydroxylation is 1. The van der Waals surface area contributed by atoms with E-state index in [9.17, 15) is 4.79 Å².